The Kier molecular flexibility index (Phi) is 4.48. The summed E-state index contributed by atoms with van der Waals surface area (Å²) in [6, 6.07) is 1.53. The van der Waals surface area contributed by atoms with Gasteiger partial charge in [0.1, 0.15) is 5.00 Å². The minimum Gasteiger partial charge on any atom is -0.478 e. The SMILES string of the molecule is CC(C)CC1(C(=O)Nc2sccc2C(=O)O)CCCC1. The summed E-state index contributed by atoms with van der Waals surface area (Å²) in [7, 11) is 0. The first-order valence-electron chi connectivity index (χ1n) is 7.07. The summed E-state index contributed by atoms with van der Waals surface area (Å²) in [5.74, 6) is -0.541. The van der Waals surface area contributed by atoms with Crippen molar-refractivity contribution in [2.45, 2.75) is 46.0 Å². The molecule has 0 spiro atoms. The van der Waals surface area contributed by atoms with Gasteiger partial charge in [-0.25, -0.2) is 4.79 Å². The molecule has 5 heteroatoms. The van der Waals surface area contributed by atoms with Crippen LogP contribution in [0.1, 0.15) is 56.3 Å². The van der Waals surface area contributed by atoms with Gasteiger partial charge < -0.3 is 10.4 Å². The molecule has 0 bridgehead atoms. The van der Waals surface area contributed by atoms with E-state index >= 15 is 0 Å². The molecule has 0 atom stereocenters. The van der Waals surface area contributed by atoms with E-state index in [4.69, 9.17) is 5.11 Å². The molecule has 1 aliphatic rings. The fraction of sp³-hybridized carbons (Fsp3) is 0.600. The highest BCUT2D eigenvalue weighted by molar-refractivity contribution is 7.14. The van der Waals surface area contributed by atoms with Crippen molar-refractivity contribution in [2.75, 3.05) is 5.32 Å². The normalized spacial score (nSPS) is 17.4. The average molecular weight is 295 g/mol. The summed E-state index contributed by atoms with van der Waals surface area (Å²) in [5, 5.41) is 14.1. The third-order valence-electron chi connectivity index (χ3n) is 3.96. The fourth-order valence-electron chi connectivity index (χ4n) is 3.17. The first-order valence-corrected chi connectivity index (χ1v) is 7.95. The number of anilines is 1. The number of amides is 1. The number of aromatic carboxylic acids is 1. The smallest absolute Gasteiger partial charge is 0.338 e. The van der Waals surface area contributed by atoms with Crippen LogP contribution in [0.4, 0.5) is 5.00 Å². The second kappa shape index (κ2) is 5.95. The lowest BCUT2D eigenvalue weighted by molar-refractivity contribution is -0.126. The van der Waals surface area contributed by atoms with Gasteiger partial charge in [0, 0.05) is 5.41 Å². The van der Waals surface area contributed by atoms with Gasteiger partial charge in [-0.3, -0.25) is 4.79 Å². The van der Waals surface area contributed by atoms with Gasteiger partial charge in [-0.2, -0.15) is 0 Å². The quantitative estimate of drug-likeness (QED) is 0.863. The van der Waals surface area contributed by atoms with Crippen LogP contribution in [0.25, 0.3) is 0 Å². The van der Waals surface area contributed by atoms with Crippen molar-refractivity contribution in [1.82, 2.24) is 0 Å². The molecule has 2 N–H and O–H groups in total. The molecule has 1 fully saturated rings. The number of thiophene rings is 1. The van der Waals surface area contributed by atoms with Crippen LogP contribution in [0, 0.1) is 11.3 Å². The van der Waals surface area contributed by atoms with E-state index < -0.39 is 5.97 Å². The molecule has 1 aromatic heterocycles. The summed E-state index contributed by atoms with van der Waals surface area (Å²) in [6.45, 7) is 4.25. The molecule has 110 valence electrons. The van der Waals surface area contributed by atoms with Gasteiger partial charge in [0.05, 0.1) is 5.56 Å². The van der Waals surface area contributed by atoms with Crippen LogP contribution in [0.15, 0.2) is 11.4 Å². The summed E-state index contributed by atoms with van der Waals surface area (Å²) in [6.07, 6.45) is 4.84. The lowest BCUT2D eigenvalue weighted by Crippen LogP contribution is -2.35. The minimum atomic E-state index is -0.995. The van der Waals surface area contributed by atoms with Crippen LogP contribution in [-0.4, -0.2) is 17.0 Å². The maximum Gasteiger partial charge on any atom is 0.338 e. The molecule has 4 nitrogen and oxygen atoms in total. The number of hydrogen-bond donors (Lipinski definition) is 2. The van der Waals surface area contributed by atoms with Crippen LogP contribution in [0.2, 0.25) is 0 Å². The van der Waals surface area contributed by atoms with Crippen LogP contribution < -0.4 is 5.32 Å². The van der Waals surface area contributed by atoms with E-state index in [9.17, 15) is 9.59 Å². The zero-order valence-electron chi connectivity index (χ0n) is 11.9. The summed E-state index contributed by atoms with van der Waals surface area (Å²) in [5.41, 5.74) is -0.130. The number of carboxylic acids is 1. The predicted octanol–water partition coefficient (Wildman–Crippen LogP) is 3.99. The summed E-state index contributed by atoms with van der Waals surface area (Å²) in [4.78, 5) is 23.7. The van der Waals surface area contributed by atoms with Crippen molar-refractivity contribution >= 4 is 28.2 Å². The second-order valence-corrected chi connectivity index (χ2v) is 6.92. The highest BCUT2D eigenvalue weighted by Crippen LogP contribution is 2.44. The van der Waals surface area contributed by atoms with Crippen LogP contribution in [-0.2, 0) is 4.79 Å². The zero-order valence-corrected chi connectivity index (χ0v) is 12.8. The lowest BCUT2D eigenvalue weighted by Gasteiger charge is -2.29. The summed E-state index contributed by atoms with van der Waals surface area (Å²) < 4.78 is 0. The molecular formula is C15H21NO3S. The topological polar surface area (TPSA) is 66.4 Å². The van der Waals surface area contributed by atoms with E-state index in [0.717, 1.165) is 32.1 Å². The zero-order chi connectivity index (χ0) is 14.8. The van der Waals surface area contributed by atoms with E-state index in [-0.39, 0.29) is 16.9 Å². The largest absolute Gasteiger partial charge is 0.478 e. The monoisotopic (exact) mass is 295 g/mol. The number of carbonyl (C=O) groups excluding carboxylic acids is 1. The number of carboxylic acid groups (broad SMARTS) is 1. The van der Waals surface area contributed by atoms with Gasteiger partial charge in [-0.1, -0.05) is 26.7 Å². The van der Waals surface area contributed by atoms with Crippen LogP contribution in [0.5, 0.6) is 0 Å². The lowest BCUT2D eigenvalue weighted by atomic mass is 9.77. The first-order chi connectivity index (χ1) is 9.44. The predicted molar refractivity (Wildman–Crippen MR) is 80.3 cm³/mol. The third kappa shape index (κ3) is 3.03. The summed E-state index contributed by atoms with van der Waals surface area (Å²) >= 11 is 1.27. The molecular weight excluding hydrogens is 274 g/mol. The Labute approximate surface area is 123 Å². The van der Waals surface area contributed by atoms with Gasteiger partial charge in [0.15, 0.2) is 0 Å². The molecule has 20 heavy (non-hydrogen) atoms. The molecule has 1 aliphatic carbocycles. The Morgan fingerprint density at radius 2 is 2.05 bits per heavy atom. The fourth-order valence-corrected chi connectivity index (χ4v) is 3.94. The van der Waals surface area contributed by atoms with E-state index in [1.807, 2.05) is 0 Å². The Morgan fingerprint density at radius 3 is 2.60 bits per heavy atom. The highest BCUT2D eigenvalue weighted by Gasteiger charge is 2.41. The van der Waals surface area contributed by atoms with Crippen molar-refractivity contribution in [2.24, 2.45) is 11.3 Å². The number of carbonyl (C=O) groups is 2. The molecule has 2 rings (SSSR count). The standard InChI is InChI=1S/C15H21NO3S/c1-10(2)9-15(6-3-4-7-15)14(19)16-12-11(13(17)18)5-8-20-12/h5,8,10H,3-4,6-7,9H2,1-2H3,(H,16,19)(H,17,18). The molecule has 1 saturated carbocycles. The van der Waals surface area contributed by atoms with E-state index in [2.05, 4.69) is 19.2 Å². The van der Waals surface area contributed by atoms with Gasteiger partial charge in [-0.15, -0.1) is 11.3 Å². The molecule has 0 radical (unpaired) electrons. The first kappa shape index (κ1) is 15.0. The van der Waals surface area contributed by atoms with Crippen molar-refractivity contribution in [1.29, 1.82) is 0 Å². The van der Waals surface area contributed by atoms with Gasteiger partial charge in [0.25, 0.3) is 0 Å². The molecule has 0 aromatic carbocycles. The van der Waals surface area contributed by atoms with Crippen molar-refractivity contribution in [3.05, 3.63) is 17.0 Å². The second-order valence-electron chi connectivity index (χ2n) is 6.01. The molecule has 0 aliphatic heterocycles. The van der Waals surface area contributed by atoms with Crippen molar-refractivity contribution < 1.29 is 14.7 Å². The molecule has 1 heterocycles. The van der Waals surface area contributed by atoms with E-state index in [0.29, 0.717) is 10.9 Å². The minimum absolute atomic E-state index is 0.00588. The Balaban J connectivity index is 2.17. The molecule has 0 unspecified atom stereocenters. The number of hydrogen-bond acceptors (Lipinski definition) is 3. The molecule has 1 amide bonds. The Bertz CT molecular complexity index is 501. The maximum absolute atomic E-state index is 12.6. The Hall–Kier alpha value is -1.36. The number of nitrogens with one attached hydrogen (secondary N) is 1. The Morgan fingerprint density at radius 1 is 1.40 bits per heavy atom. The highest BCUT2D eigenvalue weighted by atomic mass is 32.1. The van der Waals surface area contributed by atoms with Gasteiger partial charge in [0.2, 0.25) is 5.91 Å². The van der Waals surface area contributed by atoms with Crippen LogP contribution >= 0.6 is 11.3 Å². The average Bonchev–Trinajstić information content (AvgIpc) is 2.97. The van der Waals surface area contributed by atoms with Gasteiger partial charge >= 0.3 is 5.97 Å². The van der Waals surface area contributed by atoms with E-state index in [1.165, 1.54) is 17.4 Å². The maximum atomic E-state index is 12.6. The molecule has 0 saturated heterocycles. The van der Waals surface area contributed by atoms with Crippen LogP contribution in [0.3, 0.4) is 0 Å². The van der Waals surface area contributed by atoms with Gasteiger partial charge in [-0.05, 0) is 36.6 Å². The number of rotatable bonds is 5. The molecule has 1 aromatic rings. The van der Waals surface area contributed by atoms with Crippen molar-refractivity contribution in [3.63, 3.8) is 0 Å². The third-order valence-corrected chi connectivity index (χ3v) is 4.79. The van der Waals surface area contributed by atoms with E-state index in [1.54, 1.807) is 5.38 Å². The van der Waals surface area contributed by atoms with Crippen molar-refractivity contribution in [3.8, 4) is 0 Å².